The topological polar surface area (TPSA) is 132 Å². The molecule has 5 aromatic rings. The molecule has 2 aromatic heterocycles. The summed E-state index contributed by atoms with van der Waals surface area (Å²) in [5.74, 6) is 0.209. The quantitative estimate of drug-likeness (QED) is 0.0708. The lowest BCUT2D eigenvalue weighted by Crippen LogP contribution is -2.51. The number of nitrogens with zero attached hydrogens (tertiary/aromatic N) is 4. The summed E-state index contributed by atoms with van der Waals surface area (Å²) < 4.78 is 25.4. The maximum absolute atomic E-state index is 13.6. The van der Waals surface area contributed by atoms with E-state index in [1.54, 1.807) is 66.7 Å². The number of esters is 3. The molecule has 46 heavy (non-hydrogen) atoms. The second-order valence-electron chi connectivity index (χ2n) is 9.98. The third-order valence-corrected chi connectivity index (χ3v) is 7.60. The minimum absolute atomic E-state index is 0.0558. The molecule has 4 atom stereocenters. The van der Waals surface area contributed by atoms with Gasteiger partial charge in [-0.1, -0.05) is 66.2 Å². The van der Waals surface area contributed by atoms with E-state index in [1.165, 1.54) is 35.2 Å². The first kappa shape index (κ1) is 30.7. The van der Waals surface area contributed by atoms with Crippen LogP contribution in [-0.4, -0.2) is 61.8 Å². The molecular weight excluding hydrogens is 635 g/mol. The van der Waals surface area contributed by atoms with Gasteiger partial charge < -0.3 is 18.9 Å². The van der Waals surface area contributed by atoms with E-state index in [-0.39, 0.29) is 38.3 Å². The summed E-state index contributed by atoms with van der Waals surface area (Å²) in [6, 6.07) is 24.4. The van der Waals surface area contributed by atoms with Crippen molar-refractivity contribution in [3.8, 4) is 12.3 Å². The standard InChI is InChI=1S/C33H22Cl2N4O7/c1-2-33(46-30(42)22-16-10-5-11-17-22)25(45-29(41)21-14-8-4-9-15-21)23(18-43-28(40)20-12-6-3-7-13-20)44-31(33)39-19-36-24-26(34)37-32(35)38-27(24)39/h1,3-17,19,23,25,31H,18H2/t23-,25-,31-,33-/m1/s1. The molecule has 13 heteroatoms. The lowest BCUT2D eigenvalue weighted by atomic mass is 9.93. The summed E-state index contributed by atoms with van der Waals surface area (Å²) in [5, 5.41) is -0.259. The number of imidazole rings is 1. The summed E-state index contributed by atoms with van der Waals surface area (Å²) in [4.78, 5) is 52.5. The Morgan fingerprint density at radius 3 is 2.00 bits per heavy atom. The molecule has 0 spiro atoms. The molecule has 3 aromatic carbocycles. The predicted molar refractivity (Wildman–Crippen MR) is 165 cm³/mol. The molecule has 230 valence electrons. The highest BCUT2D eigenvalue weighted by Gasteiger charge is 2.63. The highest BCUT2D eigenvalue weighted by molar-refractivity contribution is 6.35. The Hall–Kier alpha value is -5.28. The Labute approximate surface area is 272 Å². The van der Waals surface area contributed by atoms with Crippen LogP contribution in [-0.2, 0) is 18.9 Å². The second kappa shape index (κ2) is 13.0. The van der Waals surface area contributed by atoms with E-state index < -0.39 is 48.6 Å². The lowest BCUT2D eigenvalue weighted by Gasteiger charge is -2.33. The normalized spacial score (nSPS) is 20.5. The van der Waals surface area contributed by atoms with Crippen molar-refractivity contribution in [2.45, 2.75) is 24.0 Å². The molecule has 0 N–H and O–H groups in total. The zero-order valence-electron chi connectivity index (χ0n) is 23.7. The molecule has 3 heterocycles. The van der Waals surface area contributed by atoms with Gasteiger partial charge in [0.05, 0.1) is 23.0 Å². The molecule has 1 aliphatic rings. The smallest absolute Gasteiger partial charge is 0.339 e. The van der Waals surface area contributed by atoms with Crippen LogP contribution >= 0.6 is 23.2 Å². The fraction of sp³-hybridized carbons (Fsp3) is 0.152. The molecular formula is C33H22Cl2N4O7. The summed E-state index contributed by atoms with van der Waals surface area (Å²) in [6.45, 7) is -0.452. The van der Waals surface area contributed by atoms with Gasteiger partial charge in [0.2, 0.25) is 5.28 Å². The molecule has 0 saturated carbocycles. The Balaban J connectivity index is 1.46. The van der Waals surface area contributed by atoms with E-state index in [4.69, 9.17) is 48.6 Å². The van der Waals surface area contributed by atoms with Crippen molar-refractivity contribution in [1.29, 1.82) is 0 Å². The summed E-state index contributed by atoms with van der Waals surface area (Å²) in [6.07, 6.45) is 3.27. The van der Waals surface area contributed by atoms with Gasteiger partial charge >= 0.3 is 17.9 Å². The second-order valence-corrected chi connectivity index (χ2v) is 10.7. The number of fused-ring (bicyclic) bond motifs is 1. The van der Waals surface area contributed by atoms with Gasteiger partial charge in [0.15, 0.2) is 23.1 Å². The summed E-state index contributed by atoms with van der Waals surface area (Å²) in [7, 11) is 0. The average Bonchev–Trinajstić information content (AvgIpc) is 3.63. The monoisotopic (exact) mass is 656 g/mol. The van der Waals surface area contributed by atoms with Crippen molar-refractivity contribution in [1.82, 2.24) is 19.5 Å². The Bertz CT molecular complexity index is 1950. The van der Waals surface area contributed by atoms with Gasteiger partial charge in [-0.15, -0.1) is 6.42 Å². The molecule has 1 aliphatic heterocycles. The SMILES string of the molecule is C#C[C@@]1(OC(=O)c2ccccc2)[C@H](OC(=O)c2ccccc2)[C@@H](COC(=O)c2ccccc2)O[C@H]1n1cnc2c(Cl)nc(Cl)nc21. The molecule has 1 fully saturated rings. The number of aromatic nitrogens is 4. The summed E-state index contributed by atoms with van der Waals surface area (Å²) >= 11 is 12.4. The molecule has 0 radical (unpaired) electrons. The van der Waals surface area contributed by atoms with Crippen LogP contribution in [0.1, 0.15) is 37.3 Å². The van der Waals surface area contributed by atoms with Crippen LogP contribution < -0.4 is 0 Å². The summed E-state index contributed by atoms with van der Waals surface area (Å²) in [5.41, 5.74) is -1.32. The van der Waals surface area contributed by atoms with Crippen molar-refractivity contribution in [2.24, 2.45) is 0 Å². The molecule has 0 aliphatic carbocycles. The van der Waals surface area contributed by atoms with Gasteiger partial charge in [-0.25, -0.2) is 24.4 Å². The minimum atomic E-state index is -2.17. The van der Waals surface area contributed by atoms with Crippen molar-refractivity contribution < 1.29 is 33.3 Å². The third-order valence-electron chi connectivity index (χ3n) is 7.16. The first-order chi connectivity index (χ1) is 22.3. The van der Waals surface area contributed by atoms with Crippen molar-refractivity contribution in [2.75, 3.05) is 6.61 Å². The molecule has 11 nitrogen and oxygen atoms in total. The zero-order chi connectivity index (χ0) is 32.3. The predicted octanol–water partition coefficient (Wildman–Crippen LogP) is 5.34. The molecule has 0 unspecified atom stereocenters. The van der Waals surface area contributed by atoms with Crippen molar-refractivity contribution >= 4 is 52.3 Å². The number of rotatable bonds is 8. The highest BCUT2D eigenvalue weighted by Crippen LogP contribution is 2.45. The largest absolute Gasteiger partial charge is 0.459 e. The number of halogens is 2. The molecule has 1 saturated heterocycles. The van der Waals surface area contributed by atoms with Crippen molar-refractivity contribution in [3.05, 3.63) is 124 Å². The number of carbonyl (C=O) groups excluding carboxylic acids is 3. The first-order valence-corrected chi connectivity index (χ1v) is 14.5. The van der Waals surface area contributed by atoms with E-state index in [0.717, 1.165) is 0 Å². The van der Waals surface area contributed by atoms with E-state index in [1.807, 2.05) is 0 Å². The van der Waals surface area contributed by atoms with E-state index in [2.05, 4.69) is 20.9 Å². The molecule has 0 bridgehead atoms. The van der Waals surface area contributed by atoms with Crippen LogP contribution in [0.15, 0.2) is 97.3 Å². The maximum Gasteiger partial charge on any atom is 0.339 e. The van der Waals surface area contributed by atoms with Crippen LogP contribution in [0, 0.1) is 12.3 Å². The Morgan fingerprint density at radius 1 is 0.848 bits per heavy atom. The number of hydrogen-bond acceptors (Lipinski definition) is 10. The fourth-order valence-electron chi connectivity index (χ4n) is 5.00. The number of ether oxygens (including phenoxy) is 4. The van der Waals surface area contributed by atoms with Gasteiger partial charge in [0.25, 0.3) is 5.60 Å². The third kappa shape index (κ3) is 5.89. The van der Waals surface area contributed by atoms with Gasteiger partial charge in [-0.2, -0.15) is 4.98 Å². The van der Waals surface area contributed by atoms with Crippen molar-refractivity contribution in [3.63, 3.8) is 0 Å². The Morgan fingerprint density at radius 2 is 1.41 bits per heavy atom. The first-order valence-electron chi connectivity index (χ1n) is 13.8. The van der Waals surface area contributed by atoms with Gasteiger partial charge in [-0.05, 0) is 53.9 Å². The molecule has 0 amide bonds. The van der Waals surface area contributed by atoms with E-state index >= 15 is 0 Å². The van der Waals surface area contributed by atoms with Gasteiger partial charge in [0, 0.05) is 0 Å². The average molecular weight is 657 g/mol. The number of terminal acetylenes is 1. The van der Waals surface area contributed by atoms with Crippen LogP contribution in [0.2, 0.25) is 10.4 Å². The van der Waals surface area contributed by atoms with Crippen LogP contribution in [0.5, 0.6) is 0 Å². The van der Waals surface area contributed by atoms with E-state index in [0.29, 0.717) is 0 Å². The highest BCUT2D eigenvalue weighted by atomic mass is 35.5. The Kier molecular flexibility index (Phi) is 8.68. The van der Waals surface area contributed by atoms with Crippen LogP contribution in [0.4, 0.5) is 0 Å². The van der Waals surface area contributed by atoms with E-state index in [9.17, 15) is 14.4 Å². The van der Waals surface area contributed by atoms with Crippen LogP contribution in [0.3, 0.4) is 0 Å². The molecule has 6 rings (SSSR count). The zero-order valence-corrected chi connectivity index (χ0v) is 25.2. The lowest BCUT2D eigenvalue weighted by molar-refractivity contribution is -0.0865. The number of benzene rings is 3. The van der Waals surface area contributed by atoms with Crippen LogP contribution in [0.25, 0.3) is 11.2 Å². The van der Waals surface area contributed by atoms with Gasteiger partial charge in [-0.3, -0.25) is 4.57 Å². The fourth-order valence-corrected chi connectivity index (χ4v) is 5.42. The maximum atomic E-state index is 13.6. The number of carbonyl (C=O) groups is 3. The minimum Gasteiger partial charge on any atom is -0.459 e. The van der Waals surface area contributed by atoms with Gasteiger partial charge in [0.1, 0.15) is 18.2 Å². The number of hydrogen-bond donors (Lipinski definition) is 0.